The van der Waals surface area contributed by atoms with Crippen molar-refractivity contribution < 1.29 is 4.79 Å². The number of rotatable bonds is 10. The molecule has 1 amide bonds. The Labute approximate surface area is 190 Å². The molecule has 5 heteroatoms. The number of likely N-dealkylation sites (N-methyl/N-ethyl adjacent to an activating group) is 1. The molecule has 0 spiro atoms. The van der Waals surface area contributed by atoms with Crippen LogP contribution in [0.5, 0.6) is 0 Å². The van der Waals surface area contributed by atoms with E-state index in [2.05, 4.69) is 24.4 Å². The maximum absolute atomic E-state index is 12.9. The number of amidine groups is 1. The Morgan fingerprint density at radius 2 is 1.66 bits per heavy atom. The Hall–Kier alpha value is -3.60. The van der Waals surface area contributed by atoms with Gasteiger partial charge in [0.1, 0.15) is 5.84 Å². The summed E-state index contributed by atoms with van der Waals surface area (Å²) in [5, 5.41) is 10.9. The van der Waals surface area contributed by atoms with Gasteiger partial charge in [-0.05, 0) is 79.3 Å². The summed E-state index contributed by atoms with van der Waals surface area (Å²) in [5.74, 6) is 0.137. The van der Waals surface area contributed by atoms with Gasteiger partial charge in [0.2, 0.25) is 0 Å². The Morgan fingerprint density at radius 3 is 2.34 bits per heavy atom. The standard InChI is InChI=1S/C27H32N4O/c1-20-10-11-24(27(32)31(2)18-16-21-7-4-3-5-8-21)19-23(20)9-6-17-30-25-14-12-22(13-15-25)26(28)29/h3-5,7-8,10-15,19,30H,6,9,16-18H2,1-2H3,(H3,28,29). The summed E-state index contributed by atoms with van der Waals surface area (Å²) < 4.78 is 0. The molecule has 0 aliphatic rings. The van der Waals surface area contributed by atoms with E-state index in [1.54, 1.807) is 4.90 Å². The van der Waals surface area contributed by atoms with Gasteiger partial charge >= 0.3 is 0 Å². The van der Waals surface area contributed by atoms with Crippen molar-refractivity contribution in [3.05, 3.63) is 101 Å². The first-order valence-electron chi connectivity index (χ1n) is 11.0. The molecule has 3 aromatic carbocycles. The summed E-state index contributed by atoms with van der Waals surface area (Å²) in [4.78, 5) is 14.7. The molecule has 3 aromatic rings. The van der Waals surface area contributed by atoms with E-state index in [1.165, 1.54) is 16.7 Å². The summed E-state index contributed by atoms with van der Waals surface area (Å²) in [6.07, 6.45) is 2.71. The topological polar surface area (TPSA) is 82.2 Å². The zero-order chi connectivity index (χ0) is 22.9. The molecule has 0 unspecified atom stereocenters. The number of hydrogen-bond acceptors (Lipinski definition) is 3. The van der Waals surface area contributed by atoms with Crippen molar-refractivity contribution in [2.24, 2.45) is 5.73 Å². The first-order valence-corrected chi connectivity index (χ1v) is 11.0. The van der Waals surface area contributed by atoms with Gasteiger partial charge in [0.05, 0.1) is 0 Å². The van der Waals surface area contributed by atoms with Crippen LogP contribution in [0.15, 0.2) is 72.8 Å². The number of nitrogens with zero attached hydrogens (tertiary/aromatic N) is 1. The Morgan fingerprint density at radius 1 is 0.969 bits per heavy atom. The van der Waals surface area contributed by atoms with Crippen molar-refractivity contribution in [1.82, 2.24) is 4.90 Å². The van der Waals surface area contributed by atoms with Gasteiger partial charge in [0, 0.05) is 37.0 Å². The average molecular weight is 429 g/mol. The third-order valence-corrected chi connectivity index (χ3v) is 5.67. The molecular formula is C27H32N4O. The number of nitrogen functional groups attached to an aromatic ring is 1. The molecule has 0 radical (unpaired) electrons. The zero-order valence-electron chi connectivity index (χ0n) is 18.9. The minimum atomic E-state index is 0.0610. The van der Waals surface area contributed by atoms with Gasteiger partial charge in [0.15, 0.2) is 0 Å². The van der Waals surface area contributed by atoms with Gasteiger partial charge < -0.3 is 16.0 Å². The highest BCUT2D eigenvalue weighted by Crippen LogP contribution is 2.16. The molecule has 0 fully saturated rings. The van der Waals surface area contributed by atoms with Crippen molar-refractivity contribution in [3.63, 3.8) is 0 Å². The third-order valence-electron chi connectivity index (χ3n) is 5.67. The van der Waals surface area contributed by atoms with Crippen molar-refractivity contribution in [2.75, 3.05) is 25.5 Å². The lowest BCUT2D eigenvalue weighted by Gasteiger charge is -2.18. The molecule has 0 heterocycles. The molecule has 0 aliphatic carbocycles. The molecule has 0 aliphatic heterocycles. The largest absolute Gasteiger partial charge is 0.385 e. The number of nitrogens with two attached hydrogens (primary N) is 1. The van der Waals surface area contributed by atoms with Crippen molar-refractivity contribution >= 4 is 17.4 Å². The lowest BCUT2D eigenvalue weighted by atomic mass is 10.00. The van der Waals surface area contributed by atoms with Crippen LogP contribution < -0.4 is 11.1 Å². The van der Waals surface area contributed by atoms with Crippen molar-refractivity contribution in [3.8, 4) is 0 Å². The van der Waals surface area contributed by atoms with Gasteiger partial charge in [-0.2, -0.15) is 0 Å². The number of nitrogens with one attached hydrogen (secondary N) is 2. The summed E-state index contributed by atoms with van der Waals surface area (Å²) >= 11 is 0. The normalized spacial score (nSPS) is 10.6. The molecule has 32 heavy (non-hydrogen) atoms. The predicted octanol–water partition coefficient (Wildman–Crippen LogP) is 4.64. The second-order valence-electron chi connectivity index (χ2n) is 8.12. The lowest BCUT2D eigenvalue weighted by molar-refractivity contribution is 0.0796. The second-order valence-corrected chi connectivity index (χ2v) is 8.12. The van der Waals surface area contributed by atoms with Gasteiger partial charge in [-0.15, -0.1) is 0 Å². The molecule has 0 saturated heterocycles. The average Bonchev–Trinajstić information content (AvgIpc) is 2.81. The van der Waals surface area contributed by atoms with Crippen LogP contribution in [0.3, 0.4) is 0 Å². The second kappa shape index (κ2) is 11.1. The predicted molar refractivity (Wildman–Crippen MR) is 133 cm³/mol. The summed E-state index contributed by atoms with van der Waals surface area (Å²) in [6.45, 7) is 3.61. The van der Waals surface area contributed by atoms with E-state index in [0.717, 1.165) is 42.6 Å². The number of aryl methyl sites for hydroxylation is 2. The van der Waals surface area contributed by atoms with Crippen LogP contribution in [0.2, 0.25) is 0 Å². The molecule has 0 atom stereocenters. The number of carbonyl (C=O) groups excluding carboxylic acids is 1. The van der Waals surface area contributed by atoms with E-state index in [0.29, 0.717) is 6.54 Å². The molecule has 4 N–H and O–H groups in total. The molecular weight excluding hydrogens is 396 g/mol. The van der Waals surface area contributed by atoms with Crippen LogP contribution in [0.4, 0.5) is 5.69 Å². The fourth-order valence-electron chi connectivity index (χ4n) is 3.62. The Kier molecular flexibility index (Phi) is 8.03. The highest BCUT2D eigenvalue weighted by Gasteiger charge is 2.13. The van der Waals surface area contributed by atoms with Gasteiger partial charge in [-0.1, -0.05) is 36.4 Å². The van der Waals surface area contributed by atoms with E-state index in [-0.39, 0.29) is 11.7 Å². The van der Waals surface area contributed by atoms with Crippen LogP contribution in [-0.4, -0.2) is 36.8 Å². The van der Waals surface area contributed by atoms with Crippen molar-refractivity contribution in [2.45, 2.75) is 26.2 Å². The lowest BCUT2D eigenvalue weighted by Crippen LogP contribution is -2.29. The van der Waals surface area contributed by atoms with Crippen LogP contribution in [-0.2, 0) is 12.8 Å². The summed E-state index contributed by atoms with van der Waals surface area (Å²) in [7, 11) is 1.87. The molecule has 5 nitrogen and oxygen atoms in total. The first kappa shape index (κ1) is 23.1. The zero-order valence-corrected chi connectivity index (χ0v) is 18.9. The van der Waals surface area contributed by atoms with E-state index in [9.17, 15) is 4.79 Å². The van der Waals surface area contributed by atoms with E-state index in [4.69, 9.17) is 11.1 Å². The van der Waals surface area contributed by atoms with Crippen molar-refractivity contribution in [1.29, 1.82) is 5.41 Å². The fraction of sp³-hybridized carbons (Fsp3) is 0.259. The van der Waals surface area contributed by atoms with E-state index in [1.807, 2.05) is 67.7 Å². The number of benzene rings is 3. The molecule has 0 bridgehead atoms. The fourth-order valence-corrected chi connectivity index (χ4v) is 3.62. The number of hydrogen-bond donors (Lipinski definition) is 3. The molecule has 0 saturated carbocycles. The van der Waals surface area contributed by atoms with Crippen LogP contribution in [0.1, 0.15) is 39.0 Å². The minimum Gasteiger partial charge on any atom is -0.385 e. The van der Waals surface area contributed by atoms with E-state index < -0.39 is 0 Å². The van der Waals surface area contributed by atoms with Crippen LogP contribution in [0.25, 0.3) is 0 Å². The van der Waals surface area contributed by atoms with Crippen LogP contribution >= 0.6 is 0 Å². The number of anilines is 1. The maximum Gasteiger partial charge on any atom is 0.253 e. The van der Waals surface area contributed by atoms with Gasteiger partial charge in [-0.3, -0.25) is 10.2 Å². The Bertz CT molecular complexity index is 1050. The first-order chi connectivity index (χ1) is 15.4. The number of amides is 1. The molecule has 3 rings (SSSR count). The van der Waals surface area contributed by atoms with Gasteiger partial charge in [-0.25, -0.2) is 0 Å². The van der Waals surface area contributed by atoms with Crippen LogP contribution in [0, 0.1) is 12.3 Å². The number of carbonyl (C=O) groups is 1. The minimum absolute atomic E-state index is 0.0610. The Balaban J connectivity index is 1.51. The molecule has 0 aromatic heterocycles. The monoisotopic (exact) mass is 428 g/mol. The summed E-state index contributed by atoms with van der Waals surface area (Å²) in [6, 6.07) is 23.8. The molecule has 166 valence electrons. The third kappa shape index (κ3) is 6.45. The summed E-state index contributed by atoms with van der Waals surface area (Å²) in [5.41, 5.74) is 11.6. The van der Waals surface area contributed by atoms with E-state index >= 15 is 0 Å². The smallest absolute Gasteiger partial charge is 0.253 e. The quantitative estimate of drug-likeness (QED) is 0.250. The SMILES string of the molecule is Cc1ccc(C(=O)N(C)CCc2ccccc2)cc1CCCNc1ccc(C(=N)N)cc1. The van der Waals surface area contributed by atoms with Gasteiger partial charge in [0.25, 0.3) is 5.91 Å². The maximum atomic E-state index is 12.9. The highest BCUT2D eigenvalue weighted by molar-refractivity contribution is 5.95. The highest BCUT2D eigenvalue weighted by atomic mass is 16.2.